The molecule has 1 N–H and O–H groups in total. The quantitative estimate of drug-likeness (QED) is 0.631. The van der Waals surface area contributed by atoms with Crippen molar-refractivity contribution in [3.05, 3.63) is 70.1 Å². The van der Waals surface area contributed by atoms with E-state index in [0.717, 1.165) is 5.56 Å². The topological polar surface area (TPSA) is 87.0 Å². The van der Waals surface area contributed by atoms with Crippen LogP contribution in [0.2, 0.25) is 0 Å². The number of benzene rings is 2. The van der Waals surface area contributed by atoms with E-state index in [-0.39, 0.29) is 12.1 Å². The minimum atomic E-state index is -0.735. The molecule has 0 aliphatic rings. The molecule has 0 spiro atoms. The predicted molar refractivity (Wildman–Crippen MR) is 104 cm³/mol. The van der Waals surface area contributed by atoms with Crippen LogP contribution in [0.4, 0.5) is 0 Å². The molecule has 146 valence electrons. The number of carbonyl (C=O) groups excluding carboxylic acids is 1. The van der Waals surface area contributed by atoms with Crippen molar-refractivity contribution in [1.29, 1.82) is 0 Å². The van der Waals surface area contributed by atoms with Gasteiger partial charge < -0.3 is 23.9 Å². The Balaban J connectivity index is 1.83. The smallest absolute Gasteiger partial charge is 0.349 e. The zero-order chi connectivity index (χ0) is 20.1. The van der Waals surface area contributed by atoms with E-state index in [1.807, 2.05) is 24.3 Å². The third-order valence-electron chi connectivity index (χ3n) is 4.41. The van der Waals surface area contributed by atoms with Crippen LogP contribution in [0, 0.1) is 0 Å². The zero-order valence-corrected chi connectivity index (χ0v) is 15.9. The summed E-state index contributed by atoms with van der Waals surface area (Å²) in [6.07, 6.45) is -0.437. The predicted octanol–water partition coefficient (Wildman–Crippen LogP) is 2.93. The van der Waals surface area contributed by atoms with Crippen LogP contribution in [0.25, 0.3) is 11.0 Å². The lowest BCUT2D eigenvalue weighted by Gasteiger charge is -2.19. The fourth-order valence-electron chi connectivity index (χ4n) is 2.97. The third kappa shape index (κ3) is 3.84. The van der Waals surface area contributed by atoms with Crippen LogP contribution in [-0.4, -0.2) is 33.8 Å². The molecule has 0 aliphatic heterocycles. The van der Waals surface area contributed by atoms with E-state index in [9.17, 15) is 9.59 Å². The van der Waals surface area contributed by atoms with Gasteiger partial charge in [-0.3, -0.25) is 4.79 Å². The van der Waals surface area contributed by atoms with Crippen LogP contribution in [0.5, 0.6) is 11.5 Å². The van der Waals surface area contributed by atoms with Crippen molar-refractivity contribution in [2.75, 3.05) is 27.9 Å². The second-order valence-corrected chi connectivity index (χ2v) is 6.00. The van der Waals surface area contributed by atoms with Gasteiger partial charge in [0.15, 0.2) is 11.3 Å². The van der Waals surface area contributed by atoms with Crippen LogP contribution < -0.4 is 20.4 Å². The molecule has 1 aromatic heterocycles. The first kappa shape index (κ1) is 19.4. The molecule has 0 radical (unpaired) electrons. The molecule has 0 bridgehead atoms. The van der Waals surface area contributed by atoms with E-state index < -0.39 is 17.6 Å². The number of fused-ring (bicyclic) bond motifs is 1. The van der Waals surface area contributed by atoms with Gasteiger partial charge in [-0.2, -0.15) is 0 Å². The average molecular weight is 383 g/mol. The highest BCUT2D eigenvalue weighted by molar-refractivity contribution is 5.97. The van der Waals surface area contributed by atoms with Gasteiger partial charge in [-0.15, -0.1) is 0 Å². The number of hydrogen-bond donors (Lipinski definition) is 1. The highest BCUT2D eigenvalue weighted by atomic mass is 16.5. The van der Waals surface area contributed by atoms with E-state index >= 15 is 0 Å². The van der Waals surface area contributed by atoms with E-state index in [1.54, 1.807) is 32.4 Å². The summed E-state index contributed by atoms with van der Waals surface area (Å²) in [6, 6.07) is 14.0. The van der Waals surface area contributed by atoms with E-state index in [0.29, 0.717) is 22.5 Å². The second kappa shape index (κ2) is 8.58. The summed E-state index contributed by atoms with van der Waals surface area (Å²) in [6.45, 7) is 0.158. The summed E-state index contributed by atoms with van der Waals surface area (Å²) < 4.78 is 21.3. The van der Waals surface area contributed by atoms with Crippen molar-refractivity contribution in [1.82, 2.24) is 5.32 Å². The lowest BCUT2D eigenvalue weighted by molar-refractivity contribution is 0.0816. The fourth-order valence-corrected chi connectivity index (χ4v) is 2.97. The van der Waals surface area contributed by atoms with Crippen molar-refractivity contribution in [2.45, 2.75) is 6.10 Å². The molecule has 1 atom stereocenters. The van der Waals surface area contributed by atoms with E-state index in [4.69, 9.17) is 18.6 Å². The highest BCUT2D eigenvalue weighted by Crippen LogP contribution is 2.27. The van der Waals surface area contributed by atoms with Gasteiger partial charge >= 0.3 is 5.63 Å². The van der Waals surface area contributed by atoms with Gasteiger partial charge in [-0.25, -0.2) is 4.79 Å². The summed E-state index contributed by atoms with van der Waals surface area (Å²) in [5, 5.41) is 3.32. The lowest BCUT2D eigenvalue weighted by Crippen LogP contribution is -2.32. The minimum Gasteiger partial charge on any atom is -0.496 e. The van der Waals surface area contributed by atoms with Crippen molar-refractivity contribution in [2.24, 2.45) is 0 Å². The molecule has 1 heterocycles. The maximum Gasteiger partial charge on any atom is 0.349 e. The van der Waals surface area contributed by atoms with Crippen LogP contribution in [-0.2, 0) is 4.74 Å². The van der Waals surface area contributed by atoms with Crippen LogP contribution in [0.1, 0.15) is 22.0 Å². The molecule has 3 rings (SSSR count). The van der Waals surface area contributed by atoms with Gasteiger partial charge in [0.05, 0.1) is 14.2 Å². The molecule has 2 aromatic carbocycles. The van der Waals surface area contributed by atoms with Gasteiger partial charge in [-0.1, -0.05) is 30.3 Å². The fraction of sp³-hybridized carbons (Fsp3) is 0.238. The van der Waals surface area contributed by atoms with Gasteiger partial charge in [0.2, 0.25) is 0 Å². The first-order chi connectivity index (χ1) is 13.6. The molecule has 0 saturated carbocycles. The van der Waals surface area contributed by atoms with Crippen molar-refractivity contribution < 1.29 is 23.4 Å². The Morgan fingerprint density at radius 3 is 2.46 bits per heavy atom. The highest BCUT2D eigenvalue weighted by Gasteiger charge is 2.19. The SMILES string of the molecule is COc1ccccc1C(CNC(=O)c1cc2cccc(OC)c2oc1=O)OC. The van der Waals surface area contributed by atoms with Crippen molar-refractivity contribution >= 4 is 16.9 Å². The summed E-state index contributed by atoms with van der Waals surface area (Å²) in [5.41, 5.74) is 0.273. The van der Waals surface area contributed by atoms with Gasteiger partial charge in [0.1, 0.15) is 17.4 Å². The number of para-hydroxylation sites is 2. The summed E-state index contributed by atoms with van der Waals surface area (Å²) in [5.74, 6) is 0.536. The summed E-state index contributed by atoms with van der Waals surface area (Å²) in [7, 11) is 4.59. The number of carbonyl (C=O) groups is 1. The first-order valence-corrected chi connectivity index (χ1v) is 8.63. The van der Waals surface area contributed by atoms with Gasteiger partial charge in [-0.05, 0) is 18.2 Å². The Morgan fingerprint density at radius 2 is 1.75 bits per heavy atom. The number of rotatable bonds is 7. The Morgan fingerprint density at radius 1 is 1.04 bits per heavy atom. The zero-order valence-electron chi connectivity index (χ0n) is 15.9. The number of ether oxygens (including phenoxy) is 3. The molecular formula is C21H21NO6. The first-order valence-electron chi connectivity index (χ1n) is 8.63. The normalized spacial score (nSPS) is 11.8. The van der Waals surface area contributed by atoms with E-state index in [1.165, 1.54) is 13.2 Å². The molecule has 1 unspecified atom stereocenters. The molecule has 0 aliphatic carbocycles. The molecule has 0 fully saturated rings. The Labute approximate surface area is 161 Å². The number of amides is 1. The largest absolute Gasteiger partial charge is 0.496 e. The Hall–Kier alpha value is -3.32. The maximum absolute atomic E-state index is 12.6. The Kier molecular flexibility index (Phi) is 5.96. The van der Waals surface area contributed by atoms with Crippen molar-refractivity contribution in [3.8, 4) is 11.5 Å². The molecule has 1 amide bonds. The number of nitrogens with one attached hydrogen (secondary N) is 1. The molecule has 28 heavy (non-hydrogen) atoms. The minimum absolute atomic E-state index is 0.0874. The molecular weight excluding hydrogens is 362 g/mol. The lowest BCUT2D eigenvalue weighted by atomic mass is 10.1. The standard InChI is InChI=1S/C21H21NO6/c1-25-16-9-5-4-8-14(16)18(27-3)12-22-20(23)15-11-13-7-6-10-17(26-2)19(13)28-21(15)24/h4-11,18H,12H2,1-3H3,(H,22,23). The van der Waals surface area contributed by atoms with Crippen LogP contribution in [0.15, 0.2) is 57.7 Å². The molecule has 3 aromatic rings. The van der Waals surface area contributed by atoms with E-state index in [2.05, 4.69) is 5.32 Å². The average Bonchev–Trinajstić information content (AvgIpc) is 2.73. The van der Waals surface area contributed by atoms with Crippen molar-refractivity contribution in [3.63, 3.8) is 0 Å². The summed E-state index contributed by atoms with van der Waals surface area (Å²) >= 11 is 0. The maximum atomic E-state index is 12.6. The monoisotopic (exact) mass is 383 g/mol. The molecule has 7 nitrogen and oxygen atoms in total. The van der Waals surface area contributed by atoms with Crippen LogP contribution in [0.3, 0.4) is 0 Å². The number of hydrogen-bond acceptors (Lipinski definition) is 6. The van der Waals surface area contributed by atoms with Gasteiger partial charge in [0, 0.05) is 24.6 Å². The van der Waals surface area contributed by atoms with Gasteiger partial charge in [0.25, 0.3) is 5.91 Å². The molecule has 0 saturated heterocycles. The van der Waals surface area contributed by atoms with Crippen LogP contribution >= 0.6 is 0 Å². The Bertz CT molecular complexity index is 1040. The number of methoxy groups -OCH3 is 3. The second-order valence-electron chi connectivity index (χ2n) is 6.00. The summed E-state index contributed by atoms with van der Waals surface area (Å²) in [4.78, 5) is 24.9. The third-order valence-corrected chi connectivity index (χ3v) is 4.41. The molecule has 7 heteroatoms.